The zero-order valence-corrected chi connectivity index (χ0v) is 18.7. The lowest BCUT2D eigenvalue weighted by Gasteiger charge is -2.14. The van der Waals surface area contributed by atoms with Gasteiger partial charge in [0.15, 0.2) is 0 Å². The number of nitro groups is 1. The molecule has 1 amide bonds. The molecule has 0 saturated carbocycles. The summed E-state index contributed by atoms with van der Waals surface area (Å²) < 4.78 is 33.1. The normalized spacial score (nSPS) is 11.0. The van der Waals surface area contributed by atoms with Crippen molar-refractivity contribution in [1.29, 1.82) is 0 Å². The highest BCUT2D eigenvalue weighted by Crippen LogP contribution is 2.32. The summed E-state index contributed by atoms with van der Waals surface area (Å²) in [6.07, 6.45) is 0. The molecule has 0 radical (unpaired) electrons. The fourth-order valence-corrected chi connectivity index (χ4v) is 4.13. The summed E-state index contributed by atoms with van der Waals surface area (Å²) in [5.41, 5.74) is 0.111. The number of anilines is 2. The number of nitrogens with one attached hydrogen (secondary N) is 2. The van der Waals surface area contributed by atoms with Gasteiger partial charge in [-0.25, -0.2) is 8.42 Å². The highest BCUT2D eigenvalue weighted by Gasteiger charge is 2.19. The lowest BCUT2D eigenvalue weighted by molar-refractivity contribution is -0.384. The molecule has 0 spiro atoms. The van der Waals surface area contributed by atoms with Crippen LogP contribution in [0.1, 0.15) is 10.4 Å². The summed E-state index contributed by atoms with van der Waals surface area (Å²) in [4.78, 5) is 22.7. The van der Waals surface area contributed by atoms with Crippen LogP contribution in [0.4, 0.5) is 17.1 Å². The summed E-state index contributed by atoms with van der Waals surface area (Å²) >= 11 is 11.8. The summed E-state index contributed by atoms with van der Waals surface area (Å²) in [6, 6.07) is 13.3. The highest BCUT2D eigenvalue weighted by atomic mass is 35.5. The third-order valence-electron chi connectivity index (χ3n) is 4.22. The smallest absolute Gasteiger partial charge is 0.270 e. The minimum absolute atomic E-state index is 0.0513. The molecule has 0 aliphatic carbocycles. The first-order valence-corrected chi connectivity index (χ1v) is 11.1. The maximum absolute atomic E-state index is 12.8. The maximum atomic E-state index is 12.8. The molecule has 2 N–H and O–H groups in total. The Morgan fingerprint density at radius 3 is 2.44 bits per heavy atom. The predicted octanol–water partition coefficient (Wildman–Crippen LogP) is 4.96. The molecule has 0 heterocycles. The Labute approximate surface area is 193 Å². The Kier molecular flexibility index (Phi) is 6.87. The van der Waals surface area contributed by atoms with Crippen molar-refractivity contribution in [3.63, 3.8) is 0 Å². The fraction of sp³-hybridized carbons (Fsp3) is 0.0500. The van der Waals surface area contributed by atoms with Gasteiger partial charge in [-0.3, -0.25) is 19.6 Å². The van der Waals surface area contributed by atoms with Crippen molar-refractivity contribution in [3.05, 3.63) is 86.4 Å². The van der Waals surface area contributed by atoms with E-state index in [9.17, 15) is 23.3 Å². The number of nitrogens with zero attached hydrogens (tertiary/aromatic N) is 1. The van der Waals surface area contributed by atoms with Gasteiger partial charge in [0.2, 0.25) is 0 Å². The minimum Gasteiger partial charge on any atom is -0.495 e. The van der Waals surface area contributed by atoms with E-state index in [0.717, 1.165) is 6.07 Å². The topological polar surface area (TPSA) is 128 Å². The van der Waals surface area contributed by atoms with Gasteiger partial charge in [-0.05, 0) is 42.5 Å². The van der Waals surface area contributed by atoms with Crippen molar-refractivity contribution >= 4 is 56.2 Å². The first-order chi connectivity index (χ1) is 15.1. The van der Waals surface area contributed by atoms with Gasteiger partial charge >= 0.3 is 0 Å². The van der Waals surface area contributed by atoms with Gasteiger partial charge in [0, 0.05) is 23.4 Å². The van der Waals surface area contributed by atoms with Crippen molar-refractivity contribution < 1.29 is 22.9 Å². The number of amides is 1. The molecule has 3 aromatic rings. The van der Waals surface area contributed by atoms with Gasteiger partial charge in [0.05, 0.1) is 32.7 Å². The van der Waals surface area contributed by atoms with E-state index in [1.54, 1.807) is 0 Å². The van der Waals surface area contributed by atoms with E-state index in [-0.39, 0.29) is 43.3 Å². The molecule has 9 nitrogen and oxygen atoms in total. The summed E-state index contributed by atoms with van der Waals surface area (Å²) in [6.45, 7) is 0. The van der Waals surface area contributed by atoms with Crippen LogP contribution in [0.25, 0.3) is 0 Å². The molecule has 3 aromatic carbocycles. The van der Waals surface area contributed by atoms with Gasteiger partial charge in [-0.1, -0.05) is 29.3 Å². The molecular formula is C20H15Cl2N3O6S. The van der Waals surface area contributed by atoms with Crippen molar-refractivity contribution in [2.24, 2.45) is 0 Å². The zero-order chi connectivity index (χ0) is 23.5. The van der Waals surface area contributed by atoms with E-state index in [0.29, 0.717) is 0 Å². The van der Waals surface area contributed by atoms with Crippen molar-refractivity contribution in [3.8, 4) is 5.75 Å². The number of hydrogen-bond donors (Lipinski definition) is 2. The maximum Gasteiger partial charge on any atom is 0.270 e. The molecule has 0 aliphatic heterocycles. The summed E-state index contributed by atoms with van der Waals surface area (Å²) in [7, 11) is -2.70. The first-order valence-electron chi connectivity index (χ1n) is 8.82. The van der Waals surface area contributed by atoms with Gasteiger partial charge in [-0.2, -0.15) is 0 Å². The number of sulfonamides is 1. The highest BCUT2D eigenvalue weighted by molar-refractivity contribution is 7.92. The molecule has 0 saturated heterocycles. The molecule has 3 rings (SSSR count). The summed E-state index contributed by atoms with van der Waals surface area (Å²) in [5, 5.41) is 13.8. The Hall–Kier alpha value is -3.34. The van der Waals surface area contributed by atoms with Gasteiger partial charge in [0.25, 0.3) is 21.6 Å². The molecule has 0 aromatic heterocycles. The van der Waals surface area contributed by atoms with Crippen molar-refractivity contribution in [2.75, 3.05) is 17.1 Å². The Balaban J connectivity index is 1.88. The van der Waals surface area contributed by atoms with E-state index >= 15 is 0 Å². The number of halogens is 2. The lowest BCUT2D eigenvalue weighted by Crippen LogP contribution is -2.15. The SMILES string of the molecule is COc1ccc(NC(=O)c2cccc([N+](=O)[O-])c2)cc1NS(=O)(=O)c1ccc(Cl)c(Cl)c1. The van der Waals surface area contributed by atoms with E-state index in [4.69, 9.17) is 27.9 Å². The van der Waals surface area contributed by atoms with Crippen LogP contribution in [0, 0.1) is 10.1 Å². The molecule has 166 valence electrons. The number of carbonyl (C=O) groups excluding carboxylic acids is 1. The molecule has 0 aliphatic rings. The van der Waals surface area contributed by atoms with Gasteiger partial charge in [-0.15, -0.1) is 0 Å². The molecule has 12 heteroatoms. The lowest BCUT2D eigenvalue weighted by atomic mass is 10.2. The molecule has 0 atom stereocenters. The number of methoxy groups -OCH3 is 1. The van der Waals surface area contributed by atoms with E-state index in [2.05, 4.69) is 10.0 Å². The van der Waals surface area contributed by atoms with Crippen LogP contribution in [0.15, 0.2) is 65.6 Å². The van der Waals surface area contributed by atoms with Gasteiger partial charge < -0.3 is 10.1 Å². The second-order valence-corrected chi connectivity index (χ2v) is 8.85. The van der Waals surface area contributed by atoms with Crippen molar-refractivity contribution in [1.82, 2.24) is 0 Å². The van der Waals surface area contributed by atoms with Crippen LogP contribution < -0.4 is 14.8 Å². The fourth-order valence-electron chi connectivity index (χ4n) is 2.68. The number of carbonyl (C=O) groups is 1. The standard InChI is InChI=1S/C20H15Cl2N3O6S/c1-31-19-8-5-13(23-20(26)12-3-2-4-14(9-12)25(27)28)10-18(19)24-32(29,30)15-6-7-16(21)17(22)11-15/h2-11,24H,1H3,(H,23,26). The number of benzene rings is 3. The number of rotatable bonds is 7. The van der Waals surface area contributed by atoms with Crippen LogP contribution in [-0.4, -0.2) is 26.4 Å². The molecular weight excluding hydrogens is 481 g/mol. The van der Waals surface area contributed by atoms with E-state index in [1.165, 1.54) is 61.7 Å². The van der Waals surface area contributed by atoms with Crippen LogP contribution >= 0.6 is 23.2 Å². The molecule has 0 fully saturated rings. The predicted molar refractivity (Wildman–Crippen MR) is 121 cm³/mol. The third-order valence-corrected chi connectivity index (χ3v) is 6.32. The third kappa shape index (κ3) is 5.28. The minimum atomic E-state index is -4.06. The second kappa shape index (κ2) is 9.43. The van der Waals surface area contributed by atoms with Crippen LogP contribution in [0.5, 0.6) is 5.75 Å². The average molecular weight is 496 g/mol. The van der Waals surface area contributed by atoms with E-state index in [1.807, 2.05) is 0 Å². The molecule has 0 bridgehead atoms. The quantitative estimate of drug-likeness (QED) is 0.352. The molecule has 32 heavy (non-hydrogen) atoms. The number of non-ortho nitro benzene ring substituents is 1. The van der Waals surface area contributed by atoms with Crippen LogP contribution in [0.3, 0.4) is 0 Å². The van der Waals surface area contributed by atoms with Crippen LogP contribution in [0.2, 0.25) is 10.0 Å². The monoisotopic (exact) mass is 495 g/mol. The second-order valence-electron chi connectivity index (χ2n) is 6.36. The summed E-state index contributed by atoms with van der Waals surface area (Å²) in [5.74, 6) is -0.417. The first kappa shape index (κ1) is 23.3. The van der Waals surface area contributed by atoms with E-state index < -0.39 is 20.9 Å². The molecule has 0 unspecified atom stereocenters. The van der Waals surface area contributed by atoms with Crippen LogP contribution in [-0.2, 0) is 10.0 Å². The Morgan fingerprint density at radius 2 is 1.78 bits per heavy atom. The van der Waals surface area contributed by atoms with Crippen molar-refractivity contribution in [2.45, 2.75) is 4.90 Å². The zero-order valence-electron chi connectivity index (χ0n) is 16.3. The number of ether oxygens (including phenoxy) is 1. The largest absolute Gasteiger partial charge is 0.495 e. The Bertz CT molecular complexity index is 1310. The van der Waals surface area contributed by atoms with Gasteiger partial charge in [0.1, 0.15) is 5.75 Å². The number of nitro benzene ring substituents is 1. The number of hydrogen-bond acceptors (Lipinski definition) is 6. The average Bonchev–Trinajstić information content (AvgIpc) is 2.75. The Morgan fingerprint density at radius 1 is 1.03 bits per heavy atom.